The Labute approximate surface area is 178 Å². The highest BCUT2D eigenvalue weighted by molar-refractivity contribution is 7.19. The smallest absolute Gasteiger partial charge is 0.205 e. The molecule has 3 aromatic carbocycles. The Morgan fingerprint density at radius 3 is 2.63 bits per heavy atom. The largest absolute Gasteiger partial charge is 0.489 e. The van der Waals surface area contributed by atoms with Crippen LogP contribution in [0.15, 0.2) is 90.3 Å². The van der Waals surface area contributed by atoms with Crippen LogP contribution in [0, 0.1) is 11.3 Å². The fraction of sp³-hybridized carbons (Fsp3) is 0.0800. The number of hydrogen-bond acceptors (Lipinski definition) is 5. The molecule has 5 rings (SSSR count). The van der Waals surface area contributed by atoms with Gasteiger partial charge in [0.15, 0.2) is 5.75 Å². The van der Waals surface area contributed by atoms with E-state index in [1.165, 1.54) is 0 Å². The minimum absolute atomic E-state index is 0.161. The summed E-state index contributed by atoms with van der Waals surface area (Å²) in [5.74, 6) is 1.37. The molecule has 146 valence electrons. The summed E-state index contributed by atoms with van der Waals surface area (Å²) in [6, 6.07) is 28.2. The van der Waals surface area contributed by atoms with E-state index >= 15 is 0 Å². The number of ether oxygens (including phenoxy) is 2. The summed E-state index contributed by atoms with van der Waals surface area (Å²) >= 11 is 1.63. The van der Waals surface area contributed by atoms with Crippen LogP contribution in [0.25, 0.3) is 10.1 Å². The summed E-state index contributed by atoms with van der Waals surface area (Å²) in [7, 11) is 0. The second kappa shape index (κ2) is 7.58. The van der Waals surface area contributed by atoms with E-state index in [2.05, 4.69) is 12.1 Å². The number of nitrogens with two attached hydrogens (primary N) is 1. The minimum Gasteiger partial charge on any atom is -0.489 e. The molecule has 0 saturated carbocycles. The van der Waals surface area contributed by atoms with E-state index in [-0.39, 0.29) is 11.8 Å². The lowest BCUT2D eigenvalue weighted by atomic mass is 9.88. The monoisotopic (exact) mass is 410 g/mol. The normalized spacial score (nSPS) is 15.4. The topological polar surface area (TPSA) is 68.3 Å². The van der Waals surface area contributed by atoms with E-state index in [1.807, 2.05) is 72.8 Å². The minimum atomic E-state index is -0.281. The van der Waals surface area contributed by atoms with Gasteiger partial charge in [0.05, 0.1) is 10.8 Å². The molecular weight excluding hydrogens is 392 g/mol. The predicted molar refractivity (Wildman–Crippen MR) is 118 cm³/mol. The van der Waals surface area contributed by atoms with Gasteiger partial charge in [0.25, 0.3) is 0 Å². The summed E-state index contributed by atoms with van der Waals surface area (Å²) < 4.78 is 13.0. The molecule has 1 aliphatic heterocycles. The average molecular weight is 410 g/mol. The Hall–Kier alpha value is -3.75. The van der Waals surface area contributed by atoms with Crippen LogP contribution in [-0.2, 0) is 6.61 Å². The molecule has 0 unspecified atom stereocenters. The van der Waals surface area contributed by atoms with Gasteiger partial charge >= 0.3 is 0 Å². The molecule has 4 nitrogen and oxygen atoms in total. The third-order valence-corrected chi connectivity index (χ3v) is 6.38. The van der Waals surface area contributed by atoms with Gasteiger partial charge in [0, 0.05) is 10.1 Å². The molecule has 0 saturated heterocycles. The maximum absolute atomic E-state index is 9.82. The van der Waals surface area contributed by atoms with Crippen LogP contribution in [0.4, 0.5) is 0 Å². The Balaban J connectivity index is 1.55. The highest BCUT2D eigenvalue weighted by Gasteiger charge is 2.33. The second-order valence-electron chi connectivity index (χ2n) is 7.06. The average Bonchev–Trinajstić information content (AvgIpc) is 3.15. The first-order valence-corrected chi connectivity index (χ1v) is 10.4. The third kappa shape index (κ3) is 3.18. The molecule has 0 amide bonds. The summed E-state index contributed by atoms with van der Waals surface area (Å²) in [6.45, 7) is 0.481. The van der Waals surface area contributed by atoms with E-state index in [1.54, 1.807) is 11.3 Å². The number of allylic oxidation sites excluding steroid dienone is 1. The molecule has 1 aromatic heterocycles. The van der Waals surface area contributed by atoms with Gasteiger partial charge in [-0.1, -0.05) is 54.6 Å². The molecule has 0 spiro atoms. The van der Waals surface area contributed by atoms with Gasteiger partial charge in [-0.15, -0.1) is 11.3 Å². The van der Waals surface area contributed by atoms with Crippen molar-refractivity contribution in [2.45, 2.75) is 12.5 Å². The summed E-state index contributed by atoms with van der Waals surface area (Å²) in [4.78, 5) is 0.988. The van der Waals surface area contributed by atoms with Gasteiger partial charge < -0.3 is 15.2 Å². The molecule has 0 bridgehead atoms. The number of nitrogens with zero attached hydrogens (tertiary/aromatic N) is 1. The quantitative estimate of drug-likeness (QED) is 0.469. The maximum atomic E-state index is 9.82. The molecule has 2 N–H and O–H groups in total. The summed E-state index contributed by atoms with van der Waals surface area (Å²) in [5, 5.41) is 10.8. The molecule has 1 aliphatic rings. The van der Waals surface area contributed by atoms with E-state index in [0.717, 1.165) is 37.6 Å². The molecule has 30 heavy (non-hydrogen) atoms. The highest BCUT2D eigenvalue weighted by atomic mass is 32.1. The van der Waals surface area contributed by atoms with E-state index < -0.39 is 0 Å². The zero-order valence-corrected chi connectivity index (χ0v) is 16.9. The lowest BCUT2D eigenvalue weighted by molar-refractivity contribution is 0.306. The zero-order valence-electron chi connectivity index (χ0n) is 16.0. The zero-order chi connectivity index (χ0) is 20.5. The van der Waals surface area contributed by atoms with Crippen molar-refractivity contribution in [3.63, 3.8) is 0 Å². The summed E-state index contributed by atoms with van der Waals surface area (Å²) in [6.07, 6.45) is 0. The van der Waals surface area contributed by atoms with Crippen molar-refractivity contribution < 1.29 is 9.47 Å². The van der Waals surface area contributed by atoms with Crippen LogP contribution in [0.5, 0.6) is 11.5 Å². The van der Waals surface area contributed by atoms with E-state index in [4.69, 9.17) is 15.2 Å². The van der Waals surface area contributed by atoms with Gasteiger partial charge in [0.1, 0.15) is 24.0 Å². The number of thiophene rings is 1. The lowest BCUT2D eigenvalue weighted by Crippen LogP contribution is -2.19. The van der Waals surface area contributed by atoms with Crippen molar-refractivity contribution in [3.05, 3.63) is 106 Å². The van der Waals surface area contributed by atoms with Gasteiger partial charge in [-0.2, -0.15) is 5.26 Å². The van der Waals surface area contributed by atoms with Crippen LogP contribution in [0.1, 0.15) is 21.9 Å². The number of hydrogen-bond donors (Lipinski definition) is 1. The number of nitriles is 1. The Morgan fingerprint density at radius 2 is 1.80 bits per heavy atom. The molecule has 4 aromatic rings. The van der Waals surface area contributed by atoms with Gasteiger partial charge in [-0.25, -0.2) is 0 Å². The fourth-order valence-corrected chi connectivity index (χ4v) is 5.01. The predicted octanol–water partition coefficient (Wildman–Crippen LogP) is 5.70. The molecule has 0 radical (unpaired) electrons. The van der Waals surface area contributed by atoms with Crippen LogP contribution in [-0.4, -0.2) is 0 Å². The molecule has 0 fully saturated rings. The van der Waals surface area contributed by atoms with Crippen molar-refractivity contribution in [1.82, 2.24) is 0 Å². The van der Waals surface area contributed by atoms with Crippen molar-refractivity contribution >= 4 is 21.4 Å². The summed E-state index contributed by atoms with van der Waals surface area (Å²) in [5.41, 5.74) is 8.64. The number of benzene rings is 3. The SMILES string of the molecule is N#CC1=C(N)Oc2c(sc3ccccc23)[C@@H]1c1cccc(OCc2ccccc2)c1. The maximum Gasteiger partial charge on any atom is 0.205 e. The molecule has 0 aliphatic carbocycles. The number of fused-ring (bicyclic) bond motifs is 3. The molecular formula is C25H18N2O2S. The van der Waals surface area contributed by atoms with E-state index in [0.29, 0.717) is 12.2 Å². The lowest BCUT2D eigenvalue weighted by Gasteiger charge is -2.24. The fourth-order valence-electron chi connectivity index (χ4n) is 3.74. The Morgan fingerprint density at radius 1 is 1.00 bits per heavy atom. The van der Waals surface area contributed by atoms with Gasteiger partial charge in [-0.3, -0.25) is 0 Å². The first-order chi connectivity index (χ1) is 14.7. The number of rotatable bonds is 4. The van der Waals surface area contributed by atoms with Crippen molar-refractivity contribution in [1.29, 1.82) is 5.26 Å². The van der Waals surface area contributed by atoms with E-state index in [9.17, 15) is 5.26 Å². The third-order valence-electron chi connectivity index (χ3n) is 5.16. The van der Waals surface area contributed by atoms with Crippen molar-refractivity contribution in [3.8, 4) is 17.6 Å². The Kier molecular flexibility index (Phi) is 4.62. The van der Waals surface area contributed by atoms with Crippen LogP contribution >= 0.6 is 11.3 Å². The Bertz CT molecular complexity index is 1300. The van der Waals surface area contributed by atoms with Gasteiger partial charge in [0.2, 0.25) is 5.88 Å². The first kappa shape index (κ1) is 18.3. The van der Waals surface area contributed by atoms with Crippen molar-refractivity contribution in [2.24, 2.45) is 5.73 Å². The molecule has 1 atom stereocenters. The van der Waals surface area contributed by atoms with Gasteiger partial charge in [-0.05, 0) is 35.4 Å². The van der Waals surface area contributed by atoms with Crippen LogP contribution in [0.2, 0.25) is 0 Å². The van der Waals surface area contributed by atoms with Crippen LogP contribution < -0.4 is 15.2 Å². The van der Waals surface area contributed by atoms with Crippen molar-refractivity contribution in [2.75, 3.05) is 0 Å². The second-order valence-corrected chi connectivity index (χ2v) is 8.15. The van der Waals surface area contributed by atoms with Crippen LogP contribution in [0.3, 0.4) is 0 Å². The first-order valence-electron chi connectivity index (χ1n) is 9.60. The molecule has 2 heterocycles. The molecule has 5 heteroatoms. The highest BCUT2D eigenvalue weighted by Crippen LogP contribution is 2.50. The standard InChI is InChI=1S/C25H18N2O2S/c26-14-20-22(24-23(29-25(20)27)19-11-4-5-12-21(19)30-24)17-9-6-10-18(13-17)28-15-16-7-2-1-3-8-16/h1-13,22H,15,27H2/t22-/m1/s1.